The second kappa shape index (κ2) is 8.85. The molecule has 0 spiro atoms. The van der Waals surface area contributed by atoms with E-state index in [-0.39, 0.29) is 23.0 Å². The number of rotatable bonds is 9. The van der Waals surface area contributed by atoms with Gasteiger partial charge < -0.3 is 19.5 Å². The molecule has 2 aromatic carbocycles. The number of carbonyl (C=O) groups excluding carboxylic acids is 2. The zero-order chi connectivity index (χ0) is 22.9. The van der Waals surface area contributed by atoms with Crippen LogP contribution in [0.5, 0.6) is 17.2 Å². The summed E-state index contributed by atoms with van der Waals surface area (Å²) in [5.74, 6) is 1.94. The summed E-state index contributed by atoms with van der Waals surface area (Å²) in [7, 11) is 3.20. The van der Waals surface area contributed by atoms with Gasteiger partial charge in [-0.2, -0.15) is 0 Å². The molecule has 0 heterocycles. The van der Waals surface area contributed by atoms with Gasteiger partial charge in [-0.1, -0.05) is 32.0 Å². The van der Waals surface area contributed by atoms with E-state index in [4.69, 9.17) is 14.2 Å². The number of hydrogen-bond acceptors (Lipinski definition) is 5. The second-order valence-corrected chi connectivity index (χ2v) is 9.09. The summed E-state index contributed by atoms with van der Waals surface area (Å²) in [5, 5.41) is 3.05. The molecule has 0 atom stereocenters. The lowest BCUT2D eigenvalue weighted by Gasteiger charge is -2.22. The molecule has 1 amide bonds. The van der Waals surface area contributed by atoms with Gasteiger partial charge in [0.25, 0.3) is 0 Å². The average Bonchev–Trinajstić information content (AvgIpc) is 3.48. The first-order chi connectivity index (χ1) is 15.4. The maximum atomic E-state index is 12.3. The fourth-order valence-corrected chi connectivity index (χ4v) is 4.25. The van der Waals surface area contributed by atoms with Gasteiger partial charge in [-0.15, -0.1) is 0 Å². The van der Waals surface area contributed by atoms with Gasteiger partial charge in [0.15, 0.2) is 17.3 Å². The van der Waals surface area contributed by atoms with Crippen LogP contribution in [0.25, 0.3) is 11.1 Å². The predicted octanol–water partition coefficient (Wildman–Crippen LogP) is 4.43. The Balaban J connectivity index is 1.66. The molecule has 1 saturated carbocycles. The van der Waals surface area contributed by atoms with E-state index in [0.717, 1.165) is 41.5 Å². The van der Waals surface area contributed by atoms with Crippen molar-refractivity contribution in [3.63, 3.8) is 0 Å². The van der Waals surface area contributed by atoms with Crippen LogP contribution in [0.1, 0.15) is 49.0 Å². The highest BCUT2D eigenvalue weighted by molar-refractivity contribution is 6.02. The Kier molecular flexibility index (Phi) is 6.13. The minimum absolute atomic E-state index is 0.0420. The summed E-state index contributed by atoms with van der Waals surface area (Å²) >= 11 is 0. The van der Waals surface area contributed by atoms with Crippen molar-refractivity contribution in [1.82, 2.24) is 5.32 Å². The summed E-state index contributed by atoms with van der Waals surface area (Å²) in [4.78, 5) is 24.3. The summed E-state index contributed by atoms with van der Waals surface area (Å²) in [5.41, 5.74) is 3.65. The number of methoxy groups -OCH3 is 2. The fraction of sp³-hybridized carbons (Fsp3) is 0.462. The number of ether oxygens (including phenoxy) is 3. The maximum absolute atomic E-state index is 12.3. The molecular weight excluding hydrogens is 406 g/mol. The molecule has 0 unspecified atom stereocenters. The molecule has 0 radical (unpaired) electrons. The molecule has 2 aliphatic rings. The second-order valence-electron chi connectivity index (χ2n) is 9.09. The molecule has 2 aliphatic carbocycles. The number of carbonyl (C=O) groups is 2. The topological polar surface area (TPSA) is 73.9 Å². The lowest BCUT2D eigenvalue weighted by molar-refractivity contribution is -0.124. The third-order valence-corrected chi connectivity index (χ3v) is 6.51. The largest absolute Gasteiger partial charge is 0.493 e. The first kappa shape index (κ1) is 22.2. The minimum Gasteiger partial charge on any atom is -0.493 e. The third kappa shape index (κ3) is 4.18. The molecule has 32 heavy (non-hydrogen) atoms. The normalized spacial score (nSPS) is 16.0. The Bertz CT molecular complexity index is 1040. The molecule has 170 valence electrons. The van der Waals surface area contributed by atoms with E-state index in [9.17, 15) is 9.59 Å². The summed E-state index contributed by atoms with van der Waals surface area (Å²) in [6, 6.07) is 9.68. The number of hydrogen-bond donors (Lipinski definition) is 1. The van der Waals surface area contributed by atoms with Crippen LogP contribution in [0.4, 0.5) is 0 Å². The molecule has 1 N–H and O–H groups in total. The fourth-order valence-electron chi connectivity index (χ4n) is 4.25. The minimum atomic E-state index is -0.0650. The summed E-state index contributed by atoms with van der Waals surface area (Å²) in [6.07, 6.45) is 3.27. The predicted molar refractivity (Wildman–Crippen MR) is 123 cm³/mol. The molecule has 6 nitrogen and oxygen atoms in total. The van der Waals surface area contributed by atoms with Crippen molar-refractivity contribution < 1.29 is 23.8 Å². The third-order valence-electron chi connectivity index (χ3n) is 6.51. The van der Waals surface area contributed by atoms with Crippen molar-refractivity contribution >= 4 is 11.7 Å². The molecule has 0 aliphatic heterocycles. The molecular formula is C26H31NO5. The lowest BCUT2D eigenvalue weighted by atomic mass is 9.95. The Morgan fingerprint density at radius 3 is 2.41 bits per heavy atom. The van der Waals surface area contributed by atoms with Crippen molar-refractivity contribution in [1.29, 1.82) is 0 Å². The Morgan fingerprint density at radius 1 is 1.00 bits per heavy atom. The molecule has 4 rings (SSSR count). The van der Waals surface area contributed by atoms with Crippen LogP contribution < -0.4 is 19.5 Å². The van der Waals surface area contributed by atoms with Crippen LogP contribution in [0.3, 0.4) is 0 Å². The van der Waals surface area contributed by atoms with Gasteiger partial charge >= 0.3 is 0 Å². The highest BCUT2D eigenvalue weighted by atomic mass is 16.5. The Morgan fingerprint density at radius 2 is 1.75 bits per heavy atom. The average molecular weight is 438 g/mol. The number of ketones is 1. The van der Waals surface area contributed by atoms with Crippen LogP contribution in [-0.4, -0.2) is 39.1 Å². The van der Waals surface area contributed by atoms with E-state index in [2.05, 4.69) is 5.32 Å². The van der Waals surface area contributed by atoms with Crippen LogP contribution in [0.2, 0.25) is 0 Å². The van der Waals surface area contributed by atoms with Crippen LogP contribution >= 0.6 is 0 Å². The number of amides is 1. The highest BCUT2D eigenvalue weighted by Gasteiger charge is 2.44. The smallest absolute Gasteiger partial charge is 0.222 e. The highest BCUT2D eigenvalue weighted by Crippen LogP contribution is 2.50. The number of benzene rings is 2. The van der Waals surface area contributed by atoms with Gasteiger partial charge in [-0.25, -0.2) is 0 Å². The Hall–Kier alpha value is -3.02. The van der Waals surface area contributed by atoms with Gasteiger partial charge in [-0.05, 0) is 42.5 Å². The van der Waals surface area contributed by atoms with Crippen molar-refractivity contribution in [2.24, 2.45) is 11.3 Å². The van der Waals surface area contributed by atoms with Gasteiger partial charge in [0.05, 0.1) is 20.8 Å². The van der Waals surface area contributed by atoms with E-state index < -0.39 is 0 Å². The summed E-state index contributed by atoms with van der Waals surface area (Å²) < 4.78 is 17.6. The van der Waals surface area contributed by atoms with Crippen molar-refractivity contribution in [2.75, 3.05) is 27.4 Å². The van der Waals surface area contributed by atoms with Crippen molar-refractivity contribution in [3.8, 4) is 28.4 Å². The van der Waals surface area contributed by atoms with E-state index in [1.807, 2.05) is 44.2 Å². The van der Waals surface area contributed by atoms with E-state index in [1.54, 1.807) is 14.2 Å². The molecule has 6 heteroatoms. The molecule has 1 fully saturated rings. The van der Waals surface area contributed by atoms with E-state index >= 15 is 0 Å². The molecule has 0 bridgehead atoms. The van der Waals surface area contributed by atoms with Gasteiger partial charge in [0.1, 0.15) is 0 Å². The number of nitrogens with one attached hydrogen (secondary N) is 1. The van der Waals surface area contributed by atoms with E-state index in [0.29, 0.717) is 36.8 Å². The SMILES string of the molecule is COc1ccc(-c2cccc3c2CCC3=O)c(OCC2(CNC(=O)C(C)C)CC2)c1OC. The van der Waals surface area contributed by atoms with Crippen molar-refractivity contribution in [2.45, 2.75) is 39.5 Å². The van der Waals surface area contributed by atoms with Crippen LogP contribution in [-0.2, 0) is 11.2 Å². The lowest BCUT2D eigenvalue weighted by Crippen LogP contribution is -2.35. The van der Waals surface area contributed by atoms with Crippen molar-refractivity contribution in [3.05, 3.63) is 41.5 Å². The maximum Gasteiger partial charge on any atom is 0.222 e. The zero-order valence-electron chi connectivity index (χ0n) is 19.2. The monoisotopic (exact) mass is 437 g/mol. The Labute approximate surface area is 189 Å². The van der Waals surface area contributed by atoms with Crippen LogP contribution in [0, 0.1) is 11.3 Å². The first-order valence-electron chi connectivity index (χ1n) is 11.2. The van der Waals surface area contributed by atoms with E-state index in [1.165, 1.54) is 0 Å². The zero-order valence-corrected chi connectivity index (χ0v) is 19.2. The molecule has 0 saturated heterocycles. The molecule has 0 aromatic heterocycles. The van der Waals surface area contributed by atoms with Gasteiger partial charge in [0, 0.05) is 35.4 Å². The standard InChI is InChI=1S/C26H31NO5/c1-16(2)25(29)27-14-26(12-13-26)15-32-23-20(9-11-22(30-3)24(23)31-4)17-6-5-7-19-18(17)8-10-21(19)28/h5-7,9,11,16H,8,10,12-15H2,1-4H3,(H,27,29). The van der Waals surface area contributed by atoms with Gasteiger partial charge in [0.2, 0.25) is 11.7 Å². The van der Waals surface area contributed by atoms with Crippen LogP contribution in [0.15, 0.2) is 30.3 Å². The molecule has 2 aromatic rings. The summed E-state index contributed by atoms with van der Waals surface area (Å²) in [6.45, 7) is 4.85. The number of fused-ring (bicyclic) bond motifs is 1. The van der Waals surface area contributed by atoms with Gasteiger partial charge in [-0.3, -0.25) is 9.59 Å². The quantitative estimate of drug-likeness (QED) is 0.628. The number of Topliss-reactive ketones (excluding diaryl/α,β-unsaturated/α-hetero) is 1. The first-order valence-corrected chi connectivity index (χ1v) is 11.2.